The van der Waals surface area contributed by atoms with E-state index in [0.29, 0.717) is 24.0 Å². The molecule has 0 amide bonds. The van der Waals surface area contributed by atoms with Crippen molar-refractivity contribution in [1.82, 2.24) is 4.72 Å². The van der Waals surface area contributed by atoms with Gasteiger partial charge in [-0.1, -0.05) is 0 Å². The highest BCUT2D eigenvalue weighted by Crippen LogP contribution is 2.31. The van der Waals surface area contributed by atoms with Crippen LogP contribution in [0.15, 0.2) is 17.0 Å². The number of hydrogen-bond acceptors (Lipinski definition) is 5. The number of hydrogen-bond donors (Lipinski definition) is 2. The molecule has 0 bridgehead atoms. The van der Waals surface area contributed by atoms with Crippen LogP contribution in [-0.4, -0.2) is 30.6 Å². The van der Waals surface area contributed by atoms with Gasteiger partial charge in [-0.2, -0.15) is 0 Å². The van der Waals surface area contributed by atoms with Gasteiger partial charge < -0.3 is 5.11 Å². The Labute approximate surface area is 123 Å². The SMILES string of the molecule is Cc1cc([N+](=O)[O-])cc(S(=O)(=O)NCC2(O)CCC2)c1C. The highest BCUT2D eigenvalue weighted by molar-refractivity contribution is 7.89. The summed E-state index contributed by atoms with van der Waals surface area (Å²) in [4.78, 5) is 10.1. The number of sulfonamides is 1. The summed E-state index contributed by atoms with van der Waals surface area (Å²) in [7, 11) is -3.89. The van der Waals surface area contributed by atoms with Crippen LogP contribution < -0.4 is 4.72 Å². The molecule has 8 heteroatoms. The Morgan fingerprint density at radius 2 is 2.00 bits per heavy atom. The average molecular weight is 314 g/mol. The van der Waals surface area contributed by atoms with Gasteiger partial charge in [-0.25, -0.2) is 13.1 Å². The van der Waals surface area contributed by atoms with E-state index in [4.69, 9.17) is 0 Å². The molecule has 116 valence electrons. The molecule has 1 aliphatic rings. The van der Waals surface area contributed by atoms with Crippen molar-refractivity contribution in [2.24, 2.45) is 0 Å². The third-order valence-corrected chi connectivity index (χ3v) is 5.51. The van der Waals surface area contributed by atoms with Gasteiger partial charge in [-0.3, -0.25) is 10.1 Å². The van der Waals surface area contributed by atoms with Crippen molar-refractivity contribution in [3.8, 4) is 0 Å². The van der Waals surface area contributed by atoms with E-state index in [-0.39, 0.29) is 17.1 Å². The predicted octanol–water partition coefficient (Wildman–Crippen LogP) is 1.40. The maximum absolute atomic E-state index is 12.3. The van der Waals surface area contributed by atoms with Crippen molar-refractivity contribution in [2.75, 3.05) is 6.54 Å². The molecule has 2 N–H and O–H groups in total. The van der Waals surface area contributed by atoms with E-state index in [2.05, 4.69) is 4.72 Å². The quantitative estimate of drug-likeness (QED) is 0.630. The summed E-state index contributed by atoms with van der Waals surface area (Å²) in [5.74, 6) is 0. The fourth-order valence-electron chi connectivity index (χ4n) is 2.26. The van der Waals surface area contributed by atoms with Gasteiger partial charge in [0, 0.05) is 18.7 Å². The number of aliphatic hydroxyl groups is 1. The summed E-state index contributed by atoms with van der Waals surface area (Å²) in [5.41, 5.74) is -0.252. The highest BCUT2D eigenvalue weighted by Gasteiger charge is 2.36. The molecule has 0 saturated heterocycles. The van der Waals surface area contributed by atoms with Crippen LogP contribution >= 0.6 is 0 Å². The third kappa shape index (κ3) is 3.22. The molecular weight excluding hydrogens is 296 g/mol. The van der Waals surface area contributed by atoms with Crippen molar-refractivity contribution in [3.05, 3.63) is 33.4 Å². The van der Waals surface area contributed by atoms with E-state index in [1.165, 1.54) is 6.07 Å². The van der Waals surface area contributed by atoms with Crippen LogP contribution in [0.2, 0.25) is 0 Å². The summed E-state index contributed by atoms with van der Waals surface area (Å²) in [5, 5.41) is 20.8. The van der Waals surface area contributed by atoms with Crippen molar-refractivity contribution in [1.29, 1.82) is 0 Å². The number of benzene rings is 1. The average Bonchev–Trinajstić information content (AvgIpc) is 2.36. The zero-order chi connectivity index (χ0) is 15.8. The minimum atomic E-state index is -3.89. The van der Waals surface area contributed by atoms with Crippen LogP contribution in [0.1, 0.15) is 30.4 Å². The van der Waals surface area contributed by atoms with Gasteiger partial charge in [-0.15, -0.1) is 0 Å². The van der Waals surface area contributed by atoms with Gasteiger partial charge in [0.1, 0.15) is 0 Å². The van der Waals surface area contributed by atoms with Gasteiger partial charge >= 0.3 is 0 Å². The van der Waals surface area contributed by atoms with E-state index in [0.717, 1.165) is 12.5 Å². The lowest BCUT2D eigenvalue weighted by atomic mass is 9.81. The molecule has 0 heterocycles. The van der Waals surface area contributed by atoms with Gasteiger partial charge in [-0.05, 0) is 44.2 Å². The Morgan fingerprint density at radius 1 is 1.38 bits per heavy atom. The van der Waals surface area contributed by atoms with Crippen molar-refractivity contribution in [3.63, 3.8) is 0 Å². The molecule has 2 rings (SSSR count). The van der Waals surface area contributed by atoms with Crippen molar-refractivity contribution >= 4 is 15.7 Å². The first kappa shape index (κ1) is 15.9. The second-order valence-corrected chi connectivity index (χ2v) is 7.28. The Balaban J connectivity index is 2.32. The standard InChI is InChI=1S/C13H18N2O5S/c1-9-6-11(15(17)18)7-12(10(9)2)21(19,20)14-8-13(16)4-3-5-13/h6-7,14,16H,3-5,8H2,1-2H3. The minimum absolute atomic E-state index is 0.0729. The van der Waals surface area contributed by atoms with Crippen LogP contribution in [0.25, 0.3) is 0 Å². The normalized spacial score (nSPS) is 17.3. The summed E-state index contributed by atoms with van der Waals surface area (Å²) >= 11 is 0. The molecule has 0 atom stereocenters. The van der Waals surface area contributed by atoms with E-state index >= 15 is 0 Å². The topological polar surface area (TPSA) is 110 Å². The Kier molecular flexibility index (Phi) is 4.05. The molecule has 0 aliphatic heterocycles. The van der Waals surface area contributed by atoms with Gasteiger partial charge in [0.15, 0.2) is 0 Å². The zero-order valence-electron chi connectivity index (χ0n) is 11.9. The number of rotatable bonds is 5. The summed E-state index contributed by atoms with van der Waals surface area (Å²) in [6, 6.07) is 2.39. The van der Waals surface area contributed by atoms with Crippen LogP contribution in [0.4, 0.5) is 5.69 Å². The van der Waals surface area contributed by atoms with Crippen molar-refractivity contribution in [2.45, 2.75) is 43.6 Å². The summed E-state index contributed by atoms with van der Waals surface area (Å²) in [6.45, 7) is 3.16. The smallest absolute Gasteiger partial charge is 0.271 e. The molecule has 21 heavy (non-hydrogen) atoms. The largest absolute Gasteiger partial charge is 0.389 e. The number of nitrogens with one attached hydrogen (secondary N) is 1. The molecule has 1 aliphatic carbocycles. The lowest BCUT2D eigenvalue weighted by molar-refractivity contribution is -0.385. The molecule has 1 aromatic rings. The van der Waals surface area contributed by atoms with E-state index < -0.39 is 20.5 Å². The molecule has 0 spiro atoms. The molecule has 0 unspecified atom stereocenters. The second-order valence-electron chi connectivity index (χ2n) is 5.55. The maximum atomic E-state index is 12.3. The van der Waals surface area contributed by atoms with Crippen LogP contribution in [0.5, 0.6) is 0 Å². The van der Waals surface area contributed by atoms with E-state index in [9.17, 15) is 23.6 Å². The second kappa shape index (κ2) is 5.36. The Morgan fingerprint density at radius 3 is 2.48 bits per heavy atom. The van der Waals surface area contributed by atoms with Crippen molar-refractivity contribution < 1.29 is 18.4 Å². The monoisotopic (exact) mass is 314 g/mol. The third-order valence-electron chi connectivity index (χ3n) is 3.98. The molecular formula is C13H18N2O5S. The van der Waals surface area contributed by atoms with Gasteiger partial charge in [0.05, 0.1) is 15.4 Å². The Hall–Kier alpha value is -1.51. The lowest BCUT2D eigenvalue weighted by Crippen LogP contribution is -2.47. The Bertz CT molecular complexity index is 680. The number of nitro benzene ring substituents is 1. The minimum Gasteiger partial charge on any atom is -0.389 e. The zero-order valence-corrected chi connectivity index (χ0v) is 12.7. The highest BCUT2D eigenvalue weighted by atomic mass is 32.2. The molecule has 7 nitrogen and oxygen atoms in total. The molecule has 1 aromatic carbocycles. The molecule has 0 aromatic heterocycles. The lowest BCUT2D eigenvalue weighted by Gasteiger charge is -2.36. The maximum Gasteiger partial charge on any atom is 0.271 e. The fourth-order valence-corrected chi connectivity index (χ4v) is 3.72. The van der Waals surface area contributed by atoms with E-state index in [1.54, 1.807) is 13.8 Å². The fraction of sp³-hybridized carbons (Fsp3) is 0.538. The van der Waals surface area contributed by atoms with Gasteiger partial charge in [0.25, 0.3) is 5.69 Å². The molecule has 0 radical (unpaired) electrons. The number of nitrogens with zero attached hydrogens (tertiary/aromatic N) is 1. The van der Waals surface area contributed by atoms with Crippen LogP contribution in [-0.2, 0) is 10.0 Å². The first-order chi connectivity index (χ1) is 9.65. The molecule has 1 saturated carbocycles. The van der Waals surface area contributed by atoms with Crippen LogP contribution in [0.3, 0.4) is 0 Å². The first-order valence-corrected chi connectivity index (χ1v) is 8.11. The first-order valence-electron chi connectivity index (χ1n) is 6.62. The van der Waals surface area contributed by atoms with Crippen LogP contribution in [0, 0.1) is 24.0 Å². The molecule has 1 fully saturated rings. The van der Waals surface area contributed by atoms with Gasteiger partial charge in [0.2, 0.25) is 10.0 Å². The number of aryl methyl sites for hydroxylation is 1. The summed E-state index contributed by atoms with van der Waals surface area (Å²) < 4.78 is 27.0. The predicted molar refractivity (Wildman–Crippen MR) is 76.6 cm³/mol. The van der Waals surface area contributed by atoms with E-state index in [1.807, 2.05) is 0 Å². The number of nitro groups is 1. The summed E-state index contributed by atoms with van der Waals surface area (Å²) in [6.07, 6.45) is 1.98. The number of non-ortho nitro benzene ring substituents is 1.